The van der Waals surface area contributed by atoms with Gasteiger partial charge in [-0.3, -0.25) is 4.90 Å². The number of nitrogens with one attached hydrogen (secondary N) is 1. The molecule has 0 radical (unpaired) electrons. The third-order valence-electron chi connectivity index (χ3n) is 4.02. The number of halogens is 2. The smallest absolute Gasteiger partial charge is 0.387 e. The summed E-state index contributed by atoms with van der Waals surface area (Å²) in [6, 6.07) is 8.03. The molecule has 0 aromatic heterocycles. The lowest BCUT2D eigenvalue weighted by Crippen LogP contribution is -2.52. The molecule has 1 heterocycles. The van der Waals surface area contributed by atoms with E-state index in [9.17, 15) is 8.78 Å². The molecule has 118 valence electrons. The van der Waals surface area contributed by atoms with Crippen LogP contribution in [-0.4, -0.2) is 43.2 Å². The lowest BCUT2D eigenvalue weighted by Gasteiger charge is -2.36. The standard InChI is InChI=1S/C16H24F2N2O/c1-12-11-20(10-9-19-12)13(2)3-4-14-5-7-15(8-6-14)21-16(17)18/h5-8,12-13,16,19H,3-4,9-11H2,1-2H3. The minimum absolute atomic E-state index is 0.220. The third-order valence-corrected chi connectivity index (χ3v) is 4.02. The van der Waals surface area contributed by atoms with E-state index in [4.69, 9.17) is 0 Å². The van der Waals surface area contributed by atoms with Crippen molar-refractivity contribution < 1.29 is 13.5 Å². The molecule has 1 fully saturated rings. The summed E-state index contributed by atoms with van der Waals surface area (Å²) in [5.41, 5.74) is 1.16. The Labute approximate surface area is 125 Å². The molecule has 3 nitrogen and oxygen atoms in total. The molecule has 0 saturated carbocycles. The van der Waals surface area contributed by atoms with Crippen molar-refractivity contribution in [3.8, 4) is 5.75 Å². The second-order valence-electron chi connectivity index (χ2n) is 5.76. The number of piperazine rings is 1. The van der Waals surface area contributed by atoms with Crippen LogP contribution in [0.3, 0.4) is 0 Å². The van der Waals surface area contributed by atoms with Gasteiger partial charge in [0.25, 0.3) is 0 Å². The Balaban J connectivity index is 1.79. The molecule has 0 aliphatic carbocycles. The summed E-state index contributed by atoms with van der Waals surface area (Å²) in [4.78, 5) is 2.51. The first-order valence-electron chi connectivity index (χ1n) is 7.56. The number of hydrogen-bond donors (Lipinski definition) is 1. The summed E-state index contributed by atoms with van der Waals surface area (Å²) >= 11 is 0. The molecule has 2 rings (SSSR count). The van der Waals surface area contributed by atoms with Gasteiger partial charge in [0.15, 0.2) is 0 Å². The van der Waals surface area contributed by atoms with Gasteiger partial charge in [0.05, 0.1) is 0 Å². The van der Waals surface area contributed by atoms with Crippen molar-refractivity contribution in [1.82, 2.24) is 10.2 Å². The molecule has 5 heteroatoms. The first-order chi connectivity index (χ1) is 10.0. The second kappa shape index (κ2) is 7.71. The van der Waals surface area contributed by atoms with Gasteiger partial charge in [-0.2, -0.15) is 8.78 Å². The number of benzene rings is 1. The lowest BCUT2D eigenvalue weighted by molar-refractivity contribution is -0.0498. The molecule has 0 spiro atoms. The van der Waals surface area contributed by atoms with E-state index in [-0.39, 0.29) is 5.75 Å². The molecule has 0 bridgehead atoms. The van der Waals surface area contributed by atoms with Crippen LogP contribution in [0.4, 0.5) is 8.78 Å². The topological polar surface area (TPSA) is 24.5 Å². The van der Waals surface area contributed by atoms with Gasteiger partial charge in [0.2, 0.25) is 0 Å². The van der Waals surface area contributed by atoms with E-state index < -0.39 is 6.61 Å². The van der Waals surface area contributed by atoms with Gasteiger partial charge in [0.1, 0.15) is 5.75 Å². The molecular weight excluding hydrogens is 274 g/mol. The number of aryl methyl sites for hydroxylation is 1. The van der Waals surface area contributed by atoms with Crippen molar-refractivity contribution in [2.45, 2.75) is 45.4 Å². The predicted molar refractivity (Wildman–Crippen MR) is 79.9 cm³/mol. The van der Waals surface area contributed by atoms with Gasteiger partial charge < -0.3 is 10.1 Å². The van der Waals surface area contributed by atoms with Crippen molar-refractivity contribution in [2.75, 3.05) is 19.6 Å². The maximum Gasteiger partial charge on any atom is 0.387 e. The Morgan fingerprint density at radius 1 is 1.33 bits per heavy atom. The molecule has 1 aliphatic heterocycles. The van der Waals surface area contributed by atoms with Crippen molar-refractivity contribution >= 4 is 0 Å². The van der Waals surface area contributed by atoms with Crippen LogP contribution in [0.15, 0.2) is 24.3 Å². The molecule has 1 aromatic rings. The Morgan fingerprint density at radius 3 is 2.67 bits per heavy atom. The van der Waals surface area contributed by atoms with Crippen LogP contribution in [-0.2, 0) is 6.42 Å². The first-order valence-corrected chi connectivity index (χ1v) is 7.56. The van der Waals surface area contributed by atoms with E-state index in [0.29, 0.717) is 12.1 Å². The Kier molecular flexibility index (Phi) is 5.94. The highest BCUT2D eigenvalue weighted by molar-refractivity contribution is 5.27. The van der Waals surface area contributed by atoms with Gasteiger partial charge in [-0.05, 0) is 44.4 Å². The molecule has 1 N–H and O–H groups in total. The van der Waals surface area contributed by atoms with E-state index in [1.165, 1.54) is 0 Å². The van der Waals surface area contributed by atoms with Gasteiger partial charge in [-0.25, -0.2) is 0 Å². The second-order valence-corrected chi connectivity index (χ2v) is 5.76. The molecule has 1 aliphatic rings. The van der Waals surface area contributed by atoms with Crippen molar-refractivity contribution in [2.24, 2.45) is 0 Å². The van der Waals surface area contributed by atoms with E-state index in [1.54, 1.807) is 12.1 Å². The first kappa shape index (κ1) is 16.2. The minimum Gasteiger partial charge on any atom is -0.435 e. The fourth-order valence-electron chi connectivity index (χ4n) is 2.76. The van der Waals surface area contributed by atoms with Crippen LogP contribution < -0.4 is 10.1 Å². The van der Waals surface area contributed by atoms with Crippen molar-refractivity contribution in [3.05, 3.63) is 29.8 Å². The van der Waals surface area contributed by atoms with Crippen molar-refractivity contribution in [3.63, 3.8) is 0 Å². The Morgan fingerprint density at radius 2 is 2.05 bits per heavy atom. The van der Waals surface area contributed by atoms with E-state index in [2.05, 4.69) is 28.8 Å². The number of nitrogens with zero attached hydrogens (tertiary/aromatic N) is 1. The number of alkyl halides is 2. The quantitative estimate of drug-likeness (QED) is 0.874. The van der Waals surface area contributed by atoms with Crippen LogP contribution in [0, 0.1) is 0 Å². The fraction of sp³-hybridized carbons (Fsp3) is 0.625. The van der Waals surface area contributed by atoms with Crippen molar-refractivity contribution in [1.29, 1.82) is 0 Å². The van der Waals surface area contributed by atoms with Crippen LogP contribution in [0.25, 0.3) is 0 Å². The molecular formula is C16H24F2N2O. The predicted octanol–water partition coefficient (Wildman–Crippen LogP) is 2.90. The fourth-order valence-corrected chi connectivity index (χ4v) is 2.76. The van der Waals surface area contributed by atoms with Crippen LogP contribution in [0.5, 0.6) is 5.75 Å². The highest BCUT2D eigenvalue weighted by atomic mass is 19.3. The number of hydrogen-bond acceptors (Lipinski definition) is 3. The highest BCUT2D eigenvalue weighted by Crippen LogP contribution is 2.17. The average molecular weight is 298 g/mol. The number of rotatable bonds is 6. The molecule has 2 atom stereocenters. The molecule has 0 amide bonds. The third kappa shape index (κ3) is 5.25. The maximum atomic E-state index is 12.1. The number of ether oxygens (including phenoxy) is 1. The lowest BCUT2D eigenvalue weighted by atomic mass is 10.0. The van der Waals surface area contributed by atoms with Gasteiger partial charge in [-0.1, -0.05) is 12.1 Å². The summed E-state index contributed by atoms with van der Waals surface area (Å²) in [5.74, 6) is 0.220. The minimum atomic E-state index is -2.76. The van der Waals surface area contributed by atoms with Crippen LogP contribution in [0.2, 0.25) is 0 Å². The summed E-state index contributed by atoms with van der Waals surface area (Å²) in [5, 5.41) is 3.45. The monoisotopic (exact) mass is 298 g/mol. The van der Waals surface area contributed by atoms with Gasteiger partial charge in [0, 0.05) is 31.7 Å². The van der Waals surface area contributed by atoms with E-state index in [1.807, 2.05) is 12.1 Å². The van der Waals surface area contributed by atoms with Crippen LogP contribution in [0.1, 0.15) is 25.8 Å². The molecule has 21 heavy (non-hydrogen) atoms. The summed E-state index contributed by atoms with van der Waals surface area (Å²) in [7, 11) is 0. The normalized spacial score (nSPS) is 21.5. The van der Waals surface area contributed by atoms with Gasteiger partial charge >= 0.3 is 6.61 Å². The van der Waals surface area contributed by atoms with Gasteiger partial charge in [-0.15, -0.1) is 0 Å². The summed E-state index contributed by atoms with van der Waals surface area (Å²) in [6.45, 7) is 4.93. The average Bonchev–Trinajstić information content (AvgIpc) is 2.45. The zero-order valence-corrected chi connectivity index (χ0v) is 12.7. The SMILES string of the molecule is CC1CN(C(C)CCc2ccc(OC(F)F)cc2)CCN1. The zero-order valence-electron chi connectivity index (χ0n) is 12.7. The summed E-state index contributed by atoms with van der Waals surface area (Å²) < 4.78 is 28.5. The van der Waals surface area contributed by atoms with E-state index in [0.717, 1.165) is 38.0 Å². The molecule has 2 unspecified atom stereocenters. The zero-order chi connectivity index (χ0) is 15.2. The molecule has 1 aromatic carbocycles. The maximum absolute atomic E-state index is 12.1. The molecule has 1 saturated heterocycles. The Hall–Kier alpha value is -1.20. The van der Waals surface area contributed by atoms with E-state index >= 15 is 0 Å². The Bertz CT molecular complexity index is 425. The summed E-state index contributed by atoms with van der Waals surface area (Å²) in [6.07, 6.45) is 2.02. The highest BCUT2D eigenvalue weighted by Gasteiger charge is 2.20. The van der Waals surface area contributed by atoms with Crippen LogP contribution >= 0.6 is 0 Å². The largest absolute Gasteiger partial charge is 0.435 e.